The van der Waals surface area contributed by atoms with Gasteiger partial charge >= 0.3 is 0 Å². The molecule has 1 aromatic heterocycles. The second kappa shape index (κ2) is 5.79. The number of aliphatic hydroxyl groups excluding tert-OH is 1. The molecule has 5 nitrogen and oxygen atoms in total. The number of nitrogens with one attached hydrogen (secondary N) is 1. The number of carbonyl (C=O) groups excluding carboxylic acids is 1. The van der Waals surface area contributed by atoms with Crippen molar-refractivity contribution in [2.45, 2.75) is 12.5 Å². The number of pyridine rings is 1. The van der Waals surface area contributed by atoms with E-state index in [9.17, 15) is 4.79 Å². The molecule has 23 heavy (non-hydrogen) atoms. The summed E-state index contributed by atoms with van der Waals surface area (Å²) >= 11 is 1.35. The molecule has 1 saturated heterocycles. The van der Waals surface area contributed by atoms with Gasteiger partial charge in [-0.2, -0.15) is 0 Å². The molecule has 2 N–H and O–H groups in total. The third-order valence-electron chi connectivity index (χ3n) is 3.98. The van der Waals surface area contributed by atoms with E-state index >= 15 is 0 Å². The van der Waals surface area contributed by atoms with Crippen LogP contribution in [-0.2, 0) is 4.79 Å². The number of fused-ring (bicyclic) bond motifs is 1. The molecule has 1 aromatic carbocycles. The van der Waals surface area contributed by atoms with Gasteiger partial charge in [0.1, 0.15) is 0 Å². The van der Waals surface area contributed by atoms with Crippen LogP contribution >= 0.6 is 11.8 Å². The van der Waals surface area contributed by atoms with Crippen molar-refractivity contribution in [1.82, 2.24) is 10.3 Å². The monoisotopic (exact) mass is 325 g/mol. The van der Waals surface area contributed by atoms with Crippen LogP contribution in [0.3, 0.4) is 0 Å². The molecular weight excluding hydrogens is 310 g/mol. The zero-order valence-corrected chi connectivity index (χ0v) is 13.1. The second-order valence-electron chi connectivity index (χ2n) is 5.70. The first-order valence-electron chi connectivity index (χ1n) is 7.47. The van der Waals surface area contributed by atoms with Crippen molar-refractivity contribution in [2.75, 3.05) is 6.61 Å². The molecule has 1 aliphatic carbocycles. The Labute approximate surface area is 137 Å². The number of nitrogens with zero attached hydrogens (tertiary/aromatic N) is 2. The Morgan fingerprint density at radius 3 is 3.17 bits per heavy atom. The normalized spacial score (nSPS) is 26.9. The summed E-state index contributed by atoms with van der Waals surface area (Å²) in [4.78, 5) is 21.5. The molecule has 1 amide bonds. The van der Waals surface area contributed by atoms with Crippen molar-refractivity contribution in [3.63, 3.8) is 0 Å². The number of hydrogen-bond donors (Lipinski definition) is 2. The van der Waals surface area contributed by atoms with Gasteiger partial charge < -0.3 is 10.4 Å². The summed E-state index contributed by atoms with van der Waals surface area (Å²) in [6, 6.07) is 9.96. The molecule has 0 spiro atoms. The quantitative estimate of drug-likeness (QED) is 0.848. The minimum Gasteiger partial charge on any atom is -0.396 e. The smallest absolute Gasteiger partial charge is 0.264 e. The van der Waals surface area contributed by atoms with E-state index in [1.165, 1.54) is 11.8 Å². The highest BCUT2D eigenvalue weighted by atomic mass is 32.2. The Kier molecular flexibility index (Phi) is 3.63. The number of amidine groups is 1. The summed E-state index contributed by atoms with van der Waals surface area (Å²) in [6.45, 7) is 0.161. The van der Waals surface area contributed by atoms with E-state index in [1.54, 1.807) is 6.20 Å². The molecule has 2 heterocycles. The Morgan fingerprint density at radius 1 is 1.43 bits per heavy atom. The zero-order valence-electron chi connectivity index (χ0n) is 12.3. The van der Waals surface area contributed by atoms with Gasteiger partial charge in [0.15, 0.2) is 5.17 Å². The molecule has 0 unspecified atom stereocenters. The molecule has 1 aliphatic heterocycles. The molecule has 2 atom stereocenters. The lowest BCUT2D eigenvalue weighted by atomic mass is 10.1. The lowest BCUT2D eigenvalue weighted by Crippen LogP contribution is -2.20. The second-order valence-corrected chi connectivity index (χ2v) is 6.73. The van der Waals surface area contributed by atoms with Crippen LogP contribution in [0.15, 0.2) is 46.4 Å². The van der Waals surface area contributed by atoms with Gasteiger partial charge in [-0.15, -0.1) is 0 Å². The highest BCUT2D eigenvalue weighted by Crippen LogP contribution is 2.35. The van der Waals surface area contributed by atoms with Gasteiger partial charge in [0.05, 0.1) is 16.5 Å². The van der Waals surface area contributed by atoms with Crippen molar-refractivity contribution in [3.05, 3.63) is 47.0 Å². The number of thioether (sulfide) groups is 1. The van der Waals surface area contributed by atoms with Crippen LogP contribution in [0.1, 0.15) is 12.0 Å². The van der Waals surface area contributed by atoms with E-state index < -0.39 is 0 Å². The fourth-order valence-corrected chi connectivity index (χ4v) is 3.44. The van der Waals surface area contributed by atoms with Crippen LogP contribution in [0, 0.1) is 5.92 Å². The number of aliphatic hydroxyl groups is 1. The fourth-order valence-electron chi connectivity index (χ4n) is 2.56. The number of carbonyl (C=O) groups is 1. The number of aliphatic imine (C=N–C) groups is 1. The van der Waals surface area contributed by atoms with Gasteiger partial charge in [-0.1, -0.05) is 12.1 Å². The molecule has 4 rings (SSSR count). The van der Waals surface area contributed by atoms with Crippen molar-refractivity contribution >= 4 is 39.8 Å². The maximum Gasteiger partial charge on any atom is 0.264 e. The number of amides is 1. The molecule has 116 valence electrons. The van der Waals surface area contributed by atoms with Crippen LogP contribution in [0.2, 0.25) is 0 Å². The molecule has 2 aliphatic rings. The fraction of sp³-hybridized carbons (Fsp3) is 0.235. The van der Waals surface area contributed by atoms with Gasteiger partial charge in [0, 0.05) is 24.1 Å². The third kappa shape index (κ3) is 3.00. The third-order valence-corrected chi connectivity index (χ3v) is 4.90. The summed E-state index contributed by atoms with van der Waals surface area (Å²) < 4.78 is 0. The molecule has 0 bridgehead atoms. The first kappa shape index (κ1) is 14.4. The van der Waals surface area contributed by atoms with Crippen molar-refractivity contribution < 1.29 is 9.90 Å². The largest absolute Gasteiger partial charge is 0.396 e. The maximum atomic E-state index is 12.1. The summed E-state index contributed by atoms with van der Waals surface area (Å²) in [5.74, 6) is 0.127. The Hall–Kier alpha value is -2.18. The number of hydrogen-bond acceptors (Lipinski definition) is 5. The maximum absolute atomic E-state index is 12.1. The Morgan fingerprint density at radius 2 is 2.35 bits per heavy atom. The highest BCUT2D eigenvalue weighted by Gasteiger charge is 2.37. The van der Waals surface area contributed by atoms with Crippen LogP contribution in [0.4, 0.5) is 0 Å². The molecule has 2 aromatic rings. The number of aromatic nitrogens is 1. The van der Waals surface area contributed by atoms with Crippen LogP contribution in [0.5, 0.6) is 0 Å². The predicted octanol–water partition coefficient (Wildman–Crippen LogP) is 2.18. The van der Waals surface area contributed by atoms with E-state index in [2.05, 4.69) is 15.3 Å². The van der Waals surface area contributed by atoms with Crippen LogP contribution < -0.4 is 5.32 Å². The average molecular weight is 325 g/mol. The predicted molar refractivity (Wildman–Crippen MR) is 91.9 cm³/mol. The number of rotatable bonds is 3. The first-order valence-corrected chi connectivity index (χ1v) is 8.29. The van der Waals surface area contributed by atoms with Gasteiger partial charge in [-0.05, 0) is 48.0 Å². The van der Waals surface area contributed by atoms with Crippen molar-refractivity contribution in [2.24, 2.45) is 10.9 Å². The van der Waals surface area contributed by atoms with E-state index in [-0.39, 0.29) is 24.5 Å². The van der Waals surface area contributed by atoms with E-state index in [4.69, 9.17) is 5.11 Å². The lowest BCUT2D eigenvalue weighted by molar-refractivity contribution is -0.115. The minimum absolute atomic E-state index is 0.124. The highest BCUT2D eigenvalue weighted by molar-refractivity contribution is 8.18. The van der Waals surface area contributed by atoms with Crippen LogP contribution in [0.25, 0.3) is 17.0 Å². The topological polar surface area (TPSA) is 74.6 Å². The van der Waals surface area contributed by atoms with Gasteiger partial charge in [-0.3, -0.25) is 14.8 Å². The molecule has 0 radical (unpaired) electrons. The van der Waals surface area contributed by atoms with Crippen molar-refractivity contribution in [3.8, 4) is 0 Å². The molecule has 6 heteroatoms. The van der Waals surface area contributed by atoms with E-state index in [0.29, 0.717) is 10.1 Å². The van der Waals surface area contributed by atoms with Gasteiger partial charge in [-0.25, -0.2) is 0 Å². The minimum atomic E-state index is -0.124. The summed E-state index contributed by atoms with van der Waals surface area (Å²) in [5.41, 5.74) is 1.90. The summed E-state index contributed by atoms with van der Waals surface area (Å²) in [6.07, 6.45) is 4.53. The Bertz CT molecular complexity index is 847. The van der Waals surface area contributed by atoms with Crippen LogP contribution in [-0.4, -0.2) is 33.8 Å². The molecule has 1 saturated carbocycles. The first-order chi connectivity index (χ1) is 11.2. The lowest BCUT2D eigenvalue weighted by Gasteiger charge is -1.99. The average Bonchev–Trinajstić information content (AvgIpc) is 3.23. The number of benzene rings is 1. The Balaban J connectivity index is 1.56. The standard InChI is InChI=1S/C17H15N3O2S/c21-9-12-8-14(12)19-17-20-16(22)15(23-17)7-10-3-4-13-11(6-10)2-1-5-18-13/h1-7,12,14,21H,8-9H2,(H,19,20,22)/t12-,14-/m1/s1. The molecule has 2 fully saturated rings. The van der Waals surface area contributed by atoms with E-state index in [0.717, 1.165) is 22.9 Å². The van der Waals surface area contributed by atoms with Gasteiger partial charge in [0.2, 0.25) is 0 Å². The summed E-state index contributed by atoms with van der Waals surface area (Å²) in [5, 5.41) is 13.5. The molecular formula is C17H15N3O2S. The zero-order chi connectivity index (χ0) is 15.8. The van der Waals surface area contributed by atoms with Gasteiger partial charge in [0.25, 0.3) is 5.91 Å². The van der Waals surface area contributed by atoms with Crippen molar-refractivity contribution in [1.29, 1.82) is 0 Å². The van der Waals surface area contributed by atoms with E-state index in [1.807, 2.05) is 36.4 Å². The summed E-state index contributed by atoms with van der Waals surface area (Å²) in [7, 11) is 0. The SMILES string of the molecule is O=C1NC(=N[C@@H]2C[C@@H]2CO)SC1=Cc1ccc2ncccc2c1.